The van der Waals surface area contributed by atoms with Crippen molar-refractivity contribution in [2.75, 3.05) is 0 Å². The molecule has 1 N–H and O–H groups in total. The van der Waals surface area contributed by atoms with Crippen LogP contribution in [0.2, 0.25) is 0 Å². The predicted octanol–water partition coefficient (Wildman–Crippen LogP) is 3.85. The average molecular weight is 318 g/mol. The minimum Gasteiger partial charge on any atom is -0.516 e. The summed E-state index contributed by atoms with van der Waals surface area (Å²) in [5.41, 5.74) is 0. The molecule has 2 heteroatoms. The Kier molecular flexibility index (Phi) is 4.80. The maximum Gasteiger partial charge on any atom is 0.0792 e. The van der Waals surface area contributed by atoms with Crippen molar-refractivity contribution in [3.05, 3.63) is 103 Å². The molecule has 0 aromatic heterocycles. The molecule has 0 fully saturated rings. The van der Waals surface area contributed by atoms with Gasteiger partial charge >= 0.3 is 0 Å². The van der Waals surface area contributed by atoms with E-state index in [0.717, 1.165) is 6.26 Å². The maximum absolute atomic E-state index is 9.28. The van der Waals surface area contributed by atoms with Gasteiger partial charge in [-0.1, -0.05) is 91.0 Å². The number of allylic oxidation sites excluding steroid dienone is 1. The topological polar surface area (TPSA) is 20.2 Å². The molecule has 0 heterocycles. The van der Waals surface area contributed by atoms with Gasteiger partial charge in [0, 0.05) is 0 Å². The predicted molar refractivity (Wildman–Crippen MR) is 103 cm³/mol. The van der Waals surface area contributed by atoms with E-state index < -0.39 is 6.89 Å². The molecule has 0 aliphatic heterocycles. The molecule has 0 aliphatic carbocycles. The first-order valence-electron chi connectivity index (χ1n) is 7.59. The molecule has 3 aromatic carbocycles. The highest BCUT2D eigenvalue weighted by Crippen LogP contribution is 2.43. The third kappa shape index (κ3) is 3.02. The van der Waals surface area contributed by atoms with Crippen LogP contribution in [-0.2, 0) is 0 Å². The molecule has 3 aromatic rings. The molecule has 0 saturated carbocycles. The zero-order valence-corrected chi connectivity index (χ0v) is 13.7. The fourth-order valence-corrected chi connectivity index (χ4v) is 6.54. The Labute approximate surface area is 137 Å². The summed E-state index contributed by atoms with van der Waals surface area (Å²) >= 11 is 0. The van der Waals surface area contributed by atoms with E-state index in [1.165, 1.54) is 15.9 Å². The van der Waals surface area contributed by atoms with Crippen molar-refractivity contribution in [1.29, 1.82) is 0 Å². The summed E-state index contributed by atoms with van der Waals surface area (Å²) in [6.45, 7) is -1.94. The highest BCUT2D eigenvalue weighted by atomic mass is 31.2. The fourth-order valence-electron chi connectivity index (χ4n) is 2.86. The van der Waals surface area contributed by atoms with Crippen molar-refractivity contribution < 1.29 is 5.11 Å². The average Bonchev–Trinajstić information content (AvgIpc) is 2.65. The van der Waals surface area contributed by atoms with Gasteiger partial charge in [0.25, 0.3) is 0 Å². The number of aliphatic hydroxyl groups is 1. The monoisotopic (exact) mass is 318 g/mol. The van der Waals surface area contributed by atoms with Gasteiger partial charge in [-0.2, -0.15) is 0 Å². The first-order valence-corrected chi connectivity index (χ1v) is 9.44. The largest absolute Gasteiger partial charge is 0.516 e. The van der Waals surface area contributed by atoms with Gasteiger partial charge in [0.05, 0.1) is 6.26 Å². The Bertz CT molecular complexity index is 718. The Balaban J connectivity index is 2.41. The molecular weight excluding hydrogens is 299 g/mol. The number of benzene rings is 3. The van der Waals surface area contributed by atoms with E-state index in [2.05, 4.69) is 78.6 Å². The van der Waals surface area contributed by atoms with Crippen LogP contribution in [0.15, 0.2) is 103 Å². The maximum atomic E-state index is 9.28. The summed E-state index contributed by atoms with van der Waals surface area (Å²) in [6, 6.07) is 31.6. The highest BCUT2D eigenvalue weighted by Gasteiger charge is 2.23. The molecular formula is C21H19OP. The summed E-state index contributed by atoms with van der Waals surface area (Å²) in [6.07, 6.45) is 2.87. The lowest BCUT2D eigenvalue weighted by molar-refractivity contribution is 0.474. The van der Waals surface area contributed by atoms with Crippen LogP contribution in [-0.4, -0.2) is 10.9 Å². The van der Waals surface area contributed by atoms with Crippen LogP contribution in [0.25, 0.3) is 0 Å². The molecule has 23 heavy (non-hydrogen) atoms. The molecule has 0 saturated heterocycles. The van der Waals surface area contributed by atoms with Crippen molar-refractivity contribution in [2.45, 2.75) is 0 Å². The summed E-state index contributed by atoms with van der Waals surface area (Å²) < 4.78 is 0. The van der Waals surface area contributed by atoms with Crippen molar-refractivity contribution >= 4 is 28.6 Å². The van der Waals surface area contributed by atoms with Gasteiger partial charge in [0.1, 0.15) is 0 Å². The Hall–Kier alpha value is -2.50. The summed E-state index contributed by atoms with van der Waals surface area (Å²) in [7, 11) is 0. The van der Waals surface area contributed by atoms with Crippen LogP contribution < -0.4 is 15.9 Å². The number of rotatable bonds is 4. The van der Waals surface area contributed by atoms with E-state index in [0.29, 0.717) is 0 Å². The van der Waals surface area contributed by atoms with E-state index in [1.54, 1.807) is 6.08 Å². The van der Waals surface area contributed by atoms with E-state index >= 15 is 0 Å². The second kappa shape index (κ2) is 7.17. The molecule has 114 valence electrons. The van der Waals surface area contributed by atoms with Gasteiger partial charge in [-0.15, -0.1) is 0 Å². The Morgan fingerprint density at radius 1 is 0.565 bits per heavy atom. The van der Waals surface area contributed by atoms with Crippen LogP contribution in [0, 0.1) is 0 Å². The van der Waals surface area contributed by atoms with Gasteiger partial charge in [-0.3, -0.25) is 0 Å². The van der Waals surface area contributed by atoms with Crippen LogP contribution in [0.3, 0.4) is 0 Å². The van der Waals surface area contributed by atoms with Crippen LogP contribution in [0.5, 0.6) is 0 Å². The number of aliphatic hydroxyl groups excluding tert-OH is 1. The van der Waals surface area contributed by atoms with Crippen LogP contribution in [0.4, 0.5) is 0 Å². The summed E-state index contributed by atoms with van der Waals surface area (Å²) in [5.74, 6) is 2.16. The Morgan fingerprint density at radius 2 is 0.913 bits per heavy atom. The minimum absolute atomic E-state index is 1.11. The molecule has 0 bridgehead atoms. The molecule has 0 spiro atoms. The lowest BCUT2D eigenvalue weighted by Gasteiger charge is -2.28. The molecule has 0 radical (unpaired) electrons. The van der Waals surface area contributed by atoms with Gasteiger partial charge in [0.2, 0.25) is 0 Å². The van der Waals surface area contributed by atoms with Gasteiger partial charge < -0.3 is 5.11 Å². The first kappa shape index (κ1) is 15.4. The zero-order chi connectivity index (χ0) is 16.0. The smallest absolute Gasteiger partial charge is 0.0792 e. The second-order valence-electron chi connectivity index (χ2n) is 5.22. The van der Waals surface area contributed by atoms with Crippen LogP contribution >= 0.6 is 6.89 Å². The van der Waals surface area contributed by atoms with Gasteiger partial charge in [-0.25, -0.2) is 0 Å². The fraction of sp³-hybridized carbons (Fsp3) is 0. The third-order valence-corrected chi connectivity index (χ3v) is 7.84. The summed E-state index contributed by atoms with van der Waals surface area (Å²) in [5, 5.41) is 13.1. The Morgan fingerprint density at radius 3 is 1.22 bits per heavy atom. The van der Waals surface area contributed by atoms with Crippen molar-refractivity contribution in [1.82, 2.24) is 0 Å². The molecule has 0 atom stereocenters. The number of hydrogen-bond donors (Lipinski definition) is 1. The quantitative estimate of drug-likeness (QED) is 0.572. The lowest BCUT2D eigenvalue weighted by Crippen LogP contribution is -2.26. The third-order valence-electron chi connectivity index (χ3n) is 3.89. The molecule has 3 rings (SSSR count). The highest BCUT2D eigenvalue weighted by molar-refractivity contribution is 7.94. The van der Waals surface area contributed by atoms with Gasteiger partial charge in [-0.05, 0) is 34.7 Å². The van der Waals surface area contributed by atoms with E-state index in [9.17, 15) is 5.11 Å². The van der Waals surface area contributed by atoms with Crippen LogP contribution in [0.1, 0.15) is 0 Å². The van der Waals surface area contributed by atoms with E-state index in [1.807, 2.05) is 18.2 Å². The molecule has 1 nitrogen and oxygen atoms in total. The van der Waals surface area contributed by atoms with E-state index in [-0.39, 0.29) is 0 Å². The van der Waals surface area contributed by atoms with E-state index in [4.69, 9.17) is 0 Å². The minimum atomic E-state index is -1.94. The first-order chi connectivity index (χ1) is 11.4. The SMILES string of the molecule is OC=CC=P(c1ccccc1)(c1ccccc1)c1ccccc1. The van der Waals surface area contributed by atoms with Gasteiger partial charge in [0.15, 0.2) is 0 Å². The lowest BCUT2D eigenvalue weighted by atomic mass is 10.4. The standard InChI is InChI=1S/C21H19OP/c22-17-10-18-23(19-11-4-1-5-12-19,20-13-6-2-7-14-20)21-15-8-3-9-16-21/h1-18,22H. The van der Waals surface area contributed by atoms with Crippen molar-refractivity contribution in [3.63, 3.8) is 0 Å². The molecule has 0 aliphatic rings. The van der Waals surface area contributed by atoms with Crippen molar-refractivity contribution in [3.8, 4) is 0 Å². The second-order valence-corrected chi connectivity index (χ2v) is 8.51. The number of hydrogen-bond acceptors (Lipinski definition) is 1. The molecule has 0 amide bonds. The summed E-state index contributed by atoms with van der Waals surface area (Å²) in [4.78, 5) is 0. The molecule has 0 unspecified atom stereocenters. The zero-order valence-electron chi connectivity index (χ0n) is 12.8. The normalized spacial score (nSPS) is 11.5. The van der Waals surface area contributed by atoms with Crippen molar-refractivity contribution in [2.24, 2.45) is 0 Å².